The van der Waals surface area contributed by atoms with Gasteiger partial charge in [0, 0.05) is 30.4 Å². The lowest BCUT2D eigenvalue weighted by Gasteiger charge is -2.05. The number of rotatable bonds is 9. The van der Waals surface area contributed by atoms with Gasteiger partial charge in [-0.2, -0.15) is 0 Å². The summed E-state index contributed by atoms with van der Waals surface area (Å²) in [5, 5.41) is 7.70. The molecule has 37 heavy (non-hydrogen) atoms. The van der Waals surface area contributed by atoms with Gasteiger partial charge in [0.05, 0.1) is 17.8 Å². The van der Waals surface area contributed by atoms with Crippen LogP contribution in [-0.4, -0.2) is 27.9 Å². The summed E-state index contributed by atoms with van der Waals surface area (Å²) in [5.41, 5.74) is 3.50. The summed E-state index contributed by atoms with van der Waals surface area (Å²) >= 11 is 1.35. The zero-order chi connectivity index (χ0) is 27.4. The van der Waals surface area contributed by atoms with Crippen LogP contribution >= 0.6 is 11.3 Å². The van der Waals surface area contributed by atoms with Gasteiger partial charge in [-0.3, -0.25) is 9.59 Å². The lowest BCUT2D eigenvalue weighted by molar-refractivity contribution is -0.115. The fourth-order valence-corrected chi connectivity index (χ4v) is 4.85. The van der Waals surface area contributed by atoms with E-state index in [1.54, 1.807) is 23.0 Å². The van der Waals surface area contributed by atoms with Crippen molar-refractivity contribution in [1.29, 1.82) is 0 Å². The van der Waals surface area contributed by atoms with Gasteiger partial charge < -0.3 is 15.2 Å². The minimum Gasteiger partial charge on any atom is -0.356 e. The van der Waals surface area contributed by atoms with Crippen molar-refractivity contribution in [1.82, 2.24) is 14.9 Å². The Morgan fingerprint density at radius 3 is 2.54 bits per heavy atom. The molecule has 7 heteroatoms. The van der Waals surface area contributed by atoms with Crippen molar-refractivity contribution in [2.75, 3.05) is 11.9 Å². The summed E-state index contributed by atoms with van der Waals surface area (Å²) in [7, 11) is 1.83. The van der Waals surface area contributed by atoms with Crippen molar-refractivity contribution in [3.63, 3.8) is 0 Å². The first-order valence-electron chi connectivity index (χ1n) is 13.5. The Morgan fingerprint density at radius 1 is 1.19 bits per heavy atom. The van der Waals surface area contributed by atoms with Crippen LogP contribution in [-0.2, 0) is 11.8 Å². The number of aryl methyl sites for hydroxylation is 2. The molecule has 2 heterocycles. The van der Waals surface area contributed by atoms with E-state index in [1.165, 1.54) is 37.0 Å². The number of hydrogen-bond acceptors (Lipinski definition) is 4. The molecule has 0 spiro atoms. The van der Waals surface area contributed by atoms with Crippen molar-refractivity contribution in [3.8, 4) is 11.3 Å². The van der Waals surface area contributed by atoms with Gasteiger partial charge in [0.25, 0.3) is 5.91 Å². The Bertz CT molecular complexity index is 1120. The molecule has 3 unspecified atom stereocenters. The smallest absolute Gasteiger partial charge is 0.253 e. The number of benzene rings is 1. The SMILES string of the molecule is CC.CCC(C)CC1CC1CC.Cc1cccc(-c2csc(NC(=O)CNC(=O)c3ccn(C)c3)n2)c1. The number of nitrogens with one attached hydrogen (secondary N) is 2. The molecule has 6 nitrogen and oxygen atoms in total. The molecule has 3 atom stereocenters. The summed E-state index contributed by atoms with van der Waals surface area (Å²) in [6, 6.07) is 9.71. The van der Waals surface area contributed by atoms with Crippen LogP contribution in [0, 0.1) is 24.7 Å². The standard InChI is InChI=1S/C18H18N4O2S.C10H20.C2H6/c1-12-4-3-5-13(8-12)15-11-25-18(20-15)21-16(23)9-19-17(24)14-6-7-22(2)10-14;1-4-8(3)6-10-7-9(10)5-2;1-2/h3-8,10-11H,9H2,1-2H3,(H,19,24)(H,20,21,23);8-10H,4-7H2,1-3H3;1-2H3. The van der Waals surface area contributed by atoms with Crippen molar-refractivity contribution >= 4 is 28.3 Å². The predicted molar refractivity (Wildman–Crippen MR) is 156 cm³/mol. The number of amides is 2. The Labute approximate surface area is 226 Å². The van der Waals surface area contributed by atoms with Crippen LogP contribution in [0.25, 0.3) is 11.3 Å². The zero-order valence-electron chi connectivity index (χ0n) is 23.5. The molecule has 1 aliphatic rings. The number of aromatic nitrogens is 2. The molecule has 1 aromatic carbocycles. The van der Waals surface area contributed by atoms with Gasteiger partial charge in [-0.15, -0.1) is 11.3 Å². The van der Waals surface area contributed by atoms with E-state index in [1.807, 2.05) is 57.5 Å². The van der Waals surface area contributed by atoms with E-state index in [4.69, 9.17) is 0 Å². The molecule has 2 amide bonds. The number of carbonyl (C=O) groups is 2. The van der Waals surface area contributed by atoms with Gasteiger partial charge in [-0.05, 0) is 49.7 Å². The van der Waals surface area contributed by atoms with Crippen molar-refractivity contribution < 1.29 is 9.59 Å². The molecule has 2 N–H and O–H groups in total. The van der Waals surface area contributed by atoms with Gasteiger partial charge in [-0.1, -0.05) is 71.2 Å². The minimum absolute atomic E-state index is 0.104. The molecule has 4 rings (SSSR count). The van der Waals surface area contributed by atoms with E-state index in [0.717, 1.165) is 34.6 Å². The highest BCUT2D eigenvalue weighted by atomic mass is 32.1. The normalized spacial score (nSPS) is 16.4. The van der Waals surface area contributed by atoms with E-state index < -0.39 is 0 Å². The van der Waals surface area contributed by atoms with Crippen LogP contribution in [0.1, 0.15) is 76.2 Å². The number of thiazole rings is 1. The fraction of sp³-hybridized carbons (Fsp3) is 0.500. The third-order valence-electron chi connectivity index (χ3n) is 6.56. The van der Waals surface area contributed by atoms with Gasteiger partial charge >= 0.3 is 0 Å². The second-order valence-corrected chi connectivity index (χ2v) is 10.5. The van der Waals surface area contributed by atoms with Crippen LogP contribution in [0.3, 0.4) is 0 Å². The third-order valence-corrected chi connectivity index (χ3v) is 7.32. The first-order valence-corrected chi connectivity index (χ1v) is 14.4. The van der Waals surface area contributed by atoms with Crippen LogP contribution in [0.4, 0.5) is 5.13 Å². The van der Waals surface area contributed by atoms with Gasteiger partial charge in [0.1, 0.15) is 0 Å². The van der Waals surface area contributed by atoms with E-state index in [0.29, 0.717) is 10.7 Å². The second kappa shape index (κ2) is 15.4. The zero-order valence-corrected chi connectivity index (χ0v) is 24.3. The van der Waals surface area contributed by atoms with Crippen LogP contribution in [0.2, 0.25) is 0 Å². The van der Waals surface area contributed by atoms with Gasteiger partial charge in [0.15, 0.2) is 5.13 Å². The fourth-order valence-electron chi connectivity index (χ4n) is 4.11. The summed E-state index contributed by atoms with van der Waals surface area (Å²) < 4.78 is 1.78. The van der Waals surface area contributed by atoms with Crippen LogP contribution in [0.5, 0.6) is 0 Å². The van der Waals surface area contributed by atoms with E-state index in [9.17, 15) is 9.59 Å². The van der Waals surface area contributed by atoms with Crippen molar-refractivity contribution in [3.05, 3.63) is 59.2 Å². The molecule has 202 valence electrons. The highest BCUT2D eigenvalue weighted by Gasteiger charge is 2.35. The Morgan fingerprint density at radius 2 is 1.95 bits per heavy atom. The van der Waals surface area contributed by atoms with E-state index >= 15 is 0 Å². The maximum Gasteiger partial charge on any atom is 0.253 e. The Hall–Kier alpha value is -2.93. The van der Waals surface area contributed by atoms with Crippen LogP contribution < -0.4 is 10.6 Å². The van der Waals surface area contributed by atoms with Crippen molar-refractivity contribution in [2.45, 2.75) is 67.2 Å². The maximum absolute atomic E-state index is 12.0. The number of nitrogens with zero attached hydrogens (tertiary/aromatic N) is 2. The molecule has 3 aromatic rings. The molecule has 0 saturated heterocycles. The average molecular weight is 525 g/mol. The highest BCUT2D eigenvalue weighted by molar-refractivity contribution is 7.14. The molecule has 2 aromatic heterocycles. The second-order valence-electron chi connectivity index (χ2n) is 9.62. The number of hydrogen-bond donors (Lipinski definition) is 2. The summed E-state index contributed by atoms with van der Waals surface area (Å²) in [6.45, 7) is 12.9. The molecule has 0 bridgehead atoms. The molecular formula is C30H44N4O2S. The monoisotopic (exact) mass is 524 g/mol. The summed E-state index contributed by atoms with van der Waals surface area (Å²) in [4.78, 5) is 28.3. The molecule has 1 aliphatic carbocycles. The van der Waals surface area contributed by atoms with Gasteiger partial charge in [0.2, 0.25) is 5.91 Å². The van der Waals surface area contributed by atoms with Crippen molar-refractivity contribution in [2.24, 2.45) is 24.8 Å². The number of carbonyl (C=O) groups excluding carboxylic acids is 2. The first-order chi connectivity index (χ1) is 17.8. The first kappa shape index (κ1) is 30.3. The Balaban J connectivity index is 0.000000336. The Kier molecular flexibility index (Phi) is 12.6. The summed E-state index contributed by atoms with van der Waals surface area (Å²) in [6.07, 6.45) is 9.28. The quantitative estimate of drug-likeness (QED) is 0.308. The lowest BCUT2D eigenvalue weighted by Crippen LogP contribution is -2.32. The molecule has 1 saturated carbocycles. The van der Waals surface area contributed by atoms with E-state index in [2.05, 4.69) is 36.4 Å². The van der Waals surface area contributed by atoms with Gasteiger partial charge in [-0.25, -0.2) is 4.98 Å². The topological polar surface area (TPSA) is 76.0 Å². The predicted octanol–water partition coefficient (Wildman–Crippen LogP) is 7.32. The van der Waals surface area contributed by atoms with Crippen LogP contribution in [0.15, 0.2) is 48.1 Å². The maximum atomic E-state index is 12.0. The third kappa shape index (κ3) is 10.2. The minimum atomic E-state index is -0.311. The lowest BCUT2D eigenvalue weighted by atomic mass is 10.0. The van der Waals surface area contributed by atoms with E-state index in [-0.39, 0.29) is 18.4 Å². The molecule has 1 fully saturated rings. The molecule has 0 radical (unpaired) electrons. The highest BCUT2D eigenvalue weighted by Crippen LogP contribution is 2.45. The molecular weight excluding hydrogens is 480 g/mol. The molecule has 0 aliphatic heterocycles. The largest absolute Gasteiger partial charge is 0.356 e. The number of anilines is 1. The summed E-state index contributed by atoms with van der Waals surface area (Å²) in [5.74, 6) is 2.60. The average Bonchev–Trinajstić information content (AvgIpc) is 3.24.